The van der Waals surface area contributed by atoms with Crippen LogP contribution in [0.2, 0.25) is 15.1 Å². The SMILES string of the molecule is CC(CC(=O)Nc1ccc(Cl)c(Cl)c1)=NNC(=O)c1ccc([N+](=O)[O-])c(Cl)c1. The Morgan fingerprint density at radius 2 is 1.79 bits per heavy atom. The molecule has 28 heavy (non-hydrogen) atoms. The first-order valence-electron chi connectivity index (χ1n) is 7.69. The van der Waals surface area contributed by atoms with Crippen LogP contribution in [0.15, 0.2) is 41.5 Å². The molecule has 0 atom stereocenters. The van der Waals surface area contributed by atoms with E-state index in [-0.39, 0.29) is 28.6 Å². The van der Waals surface area contributed by atoms with E-state index in [1.165, 1.54) is 12.1 Å². The number of nitro benzene ring substituents is 1. The van der Waals surface area contributed by atoms with Gasteiger partial charge in [0, 0.05) is 23.0 Å². The second-order valence-electron chi connectivity index (χ2n) is 5.57. The van der Waals surface area contributed by atoms with Crippen molar-refractivity contribution in [3.05, 3.63) is 67.1 Å². The van der Waals surface area contributed by atoms with Crippen LogP contribution in [0.5, 0.6) is 0 Å². The molecule has 11 heteroatoms. The molecule has 0 saturated heterocycles. The third kappa shape index (κ3) is 5.91. The molecule has 0 spiro atoms. The normalized spacial score (nSPS) is 11.1. The molecular weight excluding hydrogens is 431 g/mol. The Labute approximate surface area is 174 Å². The highest BCUT2D eigenvalue weighted by Gasteiger charge is 2.15. The Balaban J connectivity index is 1.95. The maximum Gasteiger partial charge on any atom is 0.287 e. The van der Waals surface area contributed by atoms with E-state index in [1.807, 2.05) is 0 Å². The van der Waals surface area contributed by atoms with Crippen molar-refractivity contribution in [3.8, 4) is 0 Å². The smallest absolute Gasteiger partial charge is 0.287 e. The molecule has 2 amide bonds. The summed E-state index contributed by atoms with van der Waals surface area (Å²) in [5.74, 6) is -0.992. The standard InChI is InChI=1S/C17H13Cl3N4O4/c1-9(6-16(25)21-11-3-4-12(18)13(19)8-11)22-23-17(26)10-2-5-15(24(27)28)14(20)7-10/h2-5,7-8H,6H2,1H3,(H,21,25)(H,23,26). The van der Waals surface area contributed by atoms with E-state index >= 15 is 0 Å². The lowest BCUT2D eigenvalue weighted by molar-refractivity contribution is -0.384. The number of rotatable bonds is 6. The van der Waals surface area contributed by atoms with Crippen molar-refractivity contribution in [2.45, 2.75) is 13.3 Å². The number of hydrazone groups is 1. The Kier molecular flexibility index (Phi) is 7.33. The van der Waals surface area contributed by atoms with Crippen molar-refractivity contribution in [1.29, 1.82) is 0 Å². The maximum absolute atomic E-state index is 12.1. The summed E-state index contributed by atoms with van der Waals surface area (Å²) in [6, 6.07) is 8.19. The number of anilines is 1. The first kappa shape index (κ1) is 21.6. The van der Waals surface area contributed by atoms with Gasteiger partial charge in [-0.3, -0.25) is 19.7 Å². The highest BCUT2D eigenvalue weighted by Crippen LogP contribution is 2.25. The van der Waals surface area contributed by atoms with E-state index in [1.54, 1.807) is 19.1 Å². The van der Waals surface area contributed by atoms with Gasteiger partial charge in [-0.2, -0.15) is 5.10 Å². The Morgan fingerprint density at radius 1 is 1.07 bits per heavy atom. The number of carbonyl (C=O) groups excluding carboxylic acids is 2. The van der Waals surface area contributed by atoms with E-state index in [0.717, 1.165) is 12.1 Å². The lowest BCUT2D eigenvalue weighted by atomic mass is 10.2. The molecular formula is C17H13Cl3N4O4. The van der Waals surface area contributed by atoms with Crippen molar-refractivity contribution in [3.63, 3.8) is 0 Å². The number of hydrogen-bond donors (Lipinski definition) is 2. The second-order valence-corrected chi connectivity index (χ2v) is 6.79. The van der Waals surface area contributed by atoms with Crippen LogP contribution in [-0.2, 0) is 4.79 Å². The molecule has 0 unspecified atom stereocenters. The molecule has 2 rings (SSSR count). The van der Waals surface area contributed by atoms with Crippen LogP contribution in [-0.4, -0.2) is 22.4 Å². The van der Waals surface area contributed by atoms with Gasteiger partial charge in [-0.05, 0) is 37.3 Å². The molecule has 8 nitrogen and oxygen atoms in total. The van der Waals surface area contributed by atoms with Gasteiger partial charge in [0.05, 0.1) is 21.4 Å². The second kappa shape index (κ2) is 9.50. The predicted octanol–water partition coefficient (Wildman–Crippen LogP) is 4.69. The topological polar surface area (TPSA) is 114 Å². The van der Waals surface area contributed by atoms with Crippen LogP contribution in [0.25, 0.3) is 0 Å². The van der Waals surface area contributed by atoms with Crippen LogP contribution in [0, 0.1) is 10.1 Å². The third-order valence-corrected chi connectivity index (χ3v) is 4.42. The van der Waals surface area contributed by atoms with Gasteiger partial charge in [0.1, 0.15) is 5.02 Å². The first-order valence-corrected chi connectivity index (χ1v) is 8.83. The molecule has 0 aliphatic heterocycles. The molecule has 0 aromatic heterocycles. The number of amides is 2. The Bertz CT molecular complexity index is 979. The van der Waals surface area contributed by atoms with Crippen LogP contribution in [0.1, 0.15) is 23.7 Å². The summed E-state index contributed by atoms with van der Waals surface area (Å²) in [5.41, 5.74) is 2.85. The average Bonchev–Trinajstić information content (AvgIpc) is 2.62. The summed E-state index contributed by atoms with van der Waals surface area (Å²) < 4.78 is 0. The van der Waals surface area contributed by atoms with Gasteiger partial charge in [0.25, 0.3) is 11.6 Å². The van der Waals surface area contributed by atoms with Crippen molar-refractivity contribution < 1.29 is 14.5 Å². The third-order valence-electron chi connectivity index (χ3n) is 3.37. The fourth-order valence-corrected chi connectivity index (χ4v) is 2.61. The summed E-state index contributed by atoms with van der Waals surface area (Å²) in [6.07, 6.45) is -0.0818. The van der Waals surface area contributed by atoms with Crippen molar-refractivity contribution >= 4 is 63.7 Å². The van der Waals surface area contributed by atoms with E-state index in [9.17, 15) is 19.7 Å². The van der Waals surface area contributed by atoms with Gasteiger partial charge in [-0.25, -0.2) is 5.43 Å². The number of nitrogens with zero attached hydrogens (tertiary/aromatic N) is 2. The minimum atomic E-state index is -0.654. The highest BCUT2D eigenvalue weighted by atomic mass is 35.5. The van der Waals surface area contributed by atoms with E-state index < -0.39 is 10.8 Å². The monoisotopic (exact) mass is 442 g/mol. The zero-order valence-corrected chi connectivity index (χ0v) is 16.6. The quantitative estimate of drug-likeness (QED) is 0.383. The lowest BCUT2D eigenvalue weighted by Gasteiger charge is -2.07. The van der Waals surface area contributed by atoms with Crippen LogP contribution in [0.4, 0.5) is 11.4 Å². The number of halogens is 3. The summed E-state index contributed by atoms with van der Waals surface area (Å²) in [6.45, 7) is 1.55. The Morgan fingerprint density at radius 3 is 2.39 bits per heavy atom. The molecule has 0 fully saturated rings. The minimum Gasteiger partial charge on any atom is -0.326 e. The fraction of sp³-hybridized carbons (Fsp3) is 0.118. The zero-order chi connectivity index (χ0) is 20.8. The van der Waals surface area contributed by atoms with Gasteiger partial charge in [-0.15, -0.1) is 0 Å². The Hall–Kier alpha value is -2.68. The fourth-order valence-electron chi connectivity index (χ4n) is 2.06. The molecule has 0 saturated carbocycles. The minimum absolute atomic E-state index is 0.0818. The molecule has 2 aromatic carbocycles. The predicted molar refractivity (Wildman–Crippen MR) is 108 cm³/mol. The van der Waals surface area contributed by atoms with Crippen molar-refractivity contribution in [2.75, 3.05) is 5.32 Å². The molecule has 0 radical (unpaired) electrons. The lowest BCUT2D eigenvalue weighted by Crippen LogP contribution is -2.21. The van der Waals surface area contributed by atoms with Gasteiger partial charge in [0.15, 0.2) is 0 Å². The van der Waals surface area contributed by atoms with E-state index in [2.05, 4.69) is 15.8 Å². The number of nitrogens with one attached hydrogen (secondary N) is 2. The number of nitro groups is 1. The van der Waals surface area contributed by atoms with Gasteiger partial charge in [0.2, 0.25) is 5.91 Å². The molecule has 0 heterocycles. The molecule has 0 aliphatic rings. The van der Waals surface area contributed by atoms with Crippen LogP contribution in [0.3, 0.4) is 0 Å². The number of hydrogen-bond acceptors (Lipinski definition) is 5. The molecule has 146 valence electrons. The summed E-state index contributed by atoms with van der Waals surface area (Å²) in [7, 11) is 0. The average molecular weight is 444 g/mol. The molecule has 0 aliphatic carbocycles. The molecule has 2 aromatic rings. The summed E-state index contributed by atoms with van der Waals surface area (Å²) in [4.78, 5) is 34.2. The largest absolute Gasteiger partial charge is 0.326 e. The van der Waals surface area contributed by atoms with E-state index in [4.69, 9.17) is 34.8 Å². The number of carbonyl (C=O) groups is 2. The van der Waals surface area contributed by atoms with Crippen LogP contribution < -0.4 is 10.7 Å². The van der Waals surface area contributed by atoms with Crippen molar-refractivity contribution in [2.24, 2.45) is 5.10 Å². The first-order chi connectivity index (χ1) is 13.2. The molecule has 0 bridgehead atoms. The molecule has 2 N–H and O–H groups in total. The summed E-state index contributed by atoms with van der Waals surface area (Å²) >= 11 is 17.5. The van der Waals surface area contributed by atoms with Gasteiger partial charge < -0.3 is 5.32 Å². The van der Waals surface area contributed by atoms with E-state index in [0.29, 0.717) is 21.4 Å². The van der Waals surface area contributed by atoms with Gasteiger partial charge >= 0.3 is 0 Å². The van der Waals surface area contributed by atoms with Crippen molar-refractivity contribution in [1.82, 2.24) is 5.43 Å². The van der Waals surface area contributed by atoms with Crippen LogP contribution >= 0.6 is 34.8 Å². The highest BCUT2D eigenvalue weighted by molar-refractivity contribution is 6.42. The van der Waals surface area contributed by atoms with Gasteiger partial charge in [-0.1, -0.05) is 34.8 Å². The maximum atomic E-state index is 12.1. The summed E-state index contributed by atoms with van der Waals surface area (Å²) in [5, 5.41) is 17.7. The zero-order valence-electron chi connectivity index (χ0n) is 14.3. The number of benzene rings is 2.